The molecule has 0 bridgehead atoms. The Kier molecular flexibility index (Phi) is 3.47. The lowest BCUT2D eigenvalue weighted by Gasteiger charge is -2.33. The predicted octanol–water partition coefficient (Wildman–Crippen LogP) is -0.874. The fourth-order valence-electron chi connectivity index (χ4n) is 1.16. The van der Waals surface area contributed by atoms with Gasteiger partial charge in [-0.05, 0) is 5.53 Å². The highest BCUT2D eigenvalue weighted by molar-refractivity contribution is 4.81. The summed E-state index contributed by atoms with van der Waals surface area (Å²) in [5.74, 6) is 0. The third-order valence-corrected chi connectivity index (χ3v) is 1.88. The van der Waals surface area contributed by atoms with Gasteiger partial charge in [0.15, 0.2) is 6.29 Å². The van der Waals surface area contributed by atoms with Gasteiger partial charge in [-0.15, -0.1) is 0 Å². The highest BCUT2D eigenvalue weighted by Crippen LogP contribution is 2.18. The van der Waals surface area contributed by atoms with Crippen LogP contribution in [0.4, 0.5) is 0 Å². The molecule has 3 N–H and O–H groups in total. The molecule has 1 unspecified atom stereocenters. The van der Waals surface area contributed by atoms with Gasteiger partial charge in [-0.2, -0.15) is 0 Å². The van der Waals surface area contributed by atoms with E-state index in [1.54, 1.807) is 0 Å². The molecule has 0 amide bonds. The number of rotatable bonds is 2. The number of ether oxygens (including phenoxy) is 1. The summed E-state index contributed by atoms with van der Waals surface area (Å²) in [7, 11) is 0. The van der Waals surface area contributed by atoms with Gasteiger partial charge in [0, 0.05) is 11.3 Å². The quantitative estimate of drug-likeness (QED) is 0.297. The van der Waals surface area contributed by atoms with Gasteiger partial charge in [0.2, 0.25) is 0 Å². The molecule has 1 rings (SSSR count). The Morgan fingerprint density at radius 2 is 2.08 bits per heavy atom. The third kappa shape index (κ3) is 2.55. The number of aliphatic hydroxyl groups is 3. The molecule has 1 aliphatic heterocycles. The van der Waals surface area contributed by atoms with Crippen LogP contribution in [0.1, 0.15) is 6.42 Å². The molecule has 0 radical (unpaired) electrons. The molecular weight excluding hydrogens is 178 g/mol. The lowest BCUT2D eigenvalue weighted by Crippen LogP contribution is -2.48. The van der Waals surface area contributed by atoms with Crippen LogP contribution in [0.5, 0.6) is 0 Å². The van der Waals surface area contributed by atoms with Crippen LogP contribution in [0.2, 0.25) is 0 Å². The second kappa shape index (κ2) is 4.40. The molecule has 0 saturated carbocycles. The molecule has 0 aromatic carbocycles. The summed E-state index contributed by atoms with van der Waals surface area (Å²) in [4.78, 5) is 2.50. The van der Waals surface area contributed by atoms with Crippen LogP contribution in [0, 0.1) is 0 Å². The van der Waals surface area contributed by atoms with Crippen LogP contribution in [0.3, 0.4) is 0 Å². The molecule has 0 aromatic rings. The van der Waals surface area contributed by atoms with E-state index in [4.69, 9.17) is 20.5 Å². The van der Waals surface area contributed by atoms with Crippen molar-refractivity contribution in [3.05, 3.63) is 10.4 Å². The summed E-state index contributed by atoms with van der Waals surface area (Å²) in [5, 5.41) is 30.6. The summed E-state index contributed by atoms with van der Waals surface area (Å²) in [6, 6.07) is 0. The van der Waals surface area contributed by atoms with E-state index in [-0.39, 0.29) is 13.0 Å². The van der Waals surface area contributed by atoms with Crippen LogP contribution in [0.15, 0.2) is 5.11 Å². The van der Waals surface area contributed by atoms with E-state index < -0.39 is 24.6 Å². The largest absolute Gasteiger partial charge is 0.390 e. The van der Waals surface area contributed by atoms with Crippen molar-refractivity contribution in [2.24, 2.45) is 5.11 Å². The van der Waals surface area contributed by atoms with E-state index in [1.807, 2.05) is 0 Å². The van der Waals surface area contributed by atoms with Gasteiger partial charge in [-0.1, -0.05) is 5.11 Å². The molecule has 0 aromatic heterocycles. The van der Waals surface area contributed by atoms with Crippen LogP contribution in [-0.2, 0) is 4.74 Å². The first-order valence-electron chi connectivity index (χ1n) is 3.85. The first-order chi connectivity index (χ1) is 6.15. The topological polar surface area (TPSA) is 119 Å². The predicted molar refractivity (Wildman–Crippen MR) is 41.5 cm³/mol. The Hall–Kier alpha value is -0.850. The molecule has 1 saturated heterocycles. The van der Waals surface area contributed by atoms with Crippen molar-refractivity contribution >= 4 is 0 Å². The molecule has 1 aliphatic rings. The van der Waals surface area contributed by atoms with Crippen molar-refractivity contribution in [3.8, 4) is 0 Å². The number of aliphatic hydroxyl groups excluding tert-OH is 3. The summed E-state index contributed by atoms with van der Waals surface area (Å²) < 4.78 is 4.80. The lowest BCUT2D eigenvalue weighted by atomic mass is 10.0. The zero-order chi connectivity index (χ0) is 9.84. The van der Waals surface area contributed by atoms with Crippen LogP contribution in [-0.4, -0.2) is 46.5 Å². The molecule has 0 aliphatic carbocycles. The minimum Gasteiger partial charge on any atom is -0.390 e. The Morgan fingerprint density at radius 1 is 1.38 bits per heavy atom. The van der Waals surface area contributed by atoms with Gasteiger partial charge in [-0.3, -0.25) is 0 Å². The second-order valence-electron chi connectivity index (χ2n) is 2.85. The van der Waals surface area contributed by atoms with Crippen molar-refractivity contribution in [1.82, 2.24) is 0 Å². The molecule has 13 heavy (non-hydrogen) atoms. The van der Waals surface area contributed by atoms with Crippen LogP contribution >= 0.6 is 0 Å². The van der Waals surface area contributed by atoms with E-state index in [2.05, 4.69) is 10.0 Å². The van der Waals surface area contributed by atoms with Crippen molar-refractivity contribution in [2.75, 3.05) is 6.54 Å². The summed E-state index contributed by atoms with van der Waals surface area (Å²) in [5.41, 5.74) is 8.01. The third-order valence-electron chi connectivity index (χ3n) is 1.88. The molecule has 7 nitrogen and oxygen atoms in total. The summed E-state index contributed by atoms with van der Waals surface area (Å²) >= 11 is 0. The van der Waals surface area contributed by atoms with Crippen LogP contribution < -0.4 is 0 Å². The normalized spacial score (nSPS) is 39.6. The van der Waals surface area contributed by atoms with Gasteiger partial charge in [0.25, 0.3) is 0 Å². The molecule has 4 atom stereocenters. The SMILES string of the molecule is [N-]=[N+]=NC[C@H]1OC(O)[C@H](O)C[C@H]1O. The first kappa shape index (κ1) is 10.2. The monoisotopic (exact) mass is 189 g/mol. The number of azide groups is 1. The second-order valence-corrected chi connectivity index (χ2v) is 2.85. The van der Waals surface area contributed by atoms with Crippen molar-refractivity contribution in [3.63, 3.8) is 0 Å². The fraction of sp³-hybridized carbons (Fsp3) is 1.00. The van der Waals surface area contributed by atoms with Gasteiger partial charge < -0.3 is 20.1 Å². The lowest BCUT2D eigenvalue weighted by molar-refractivity contribution is -0.242. The average Bonchev–Trinajstić information content (AvgIpc) is 2.09. The molecule has 74 valence electrons. The smallest absolute Gasteiger partial charge is 0.181 e. The Labute approximate surface area is 74.2 Å². The number of nitrogens with zero attached hydrogens (tertiary/aromatic N) is 3. The van der Waals surface area contributed by atoms with E-state index in [1.165, 1.54) is 0 Å². The van der Waals surface area contributed by atoms with Crippen LogP contribution in [0.25, 0.3) is 10.4 Å². The molecule has 0 spiro atoms. The van der Waals surface area contributed by atoms with E-state index >= 15 is 0 Å². The van der Waals surface area contributed by atoms with Crippen molar-refractivity contribution < 1.29 is 20.1 Å². The van der Waals surface area contributed by atoms with E-state index in [0.717, 1.165) is 0 Å². The highest BCUT2D eigenvalue weighted by Gasteiger charge is 2.34. The molecular formula is C6H11N3O4. The van der Waals surface area contributed by atoms with Gasteiger partial charge in [0.1, 0.15) is 6.10 Å². The fourth-order valence-corrected chi connectivity index (χ4v) is 1.16. The number of hydrogen-bond acceptors (Lipinski definition) is 5. The molecule has 7 heteroatoms. The zero-order valence-corrected chi connectivity index (χ0v) is 6.82. The van der Waals surface area contributed by atoms with E-state index in [9.17, 15) is 5.11 Å². The van der Waals surface area contributed by atoms with Crippen molar-refractivity contribution in [1.29, 1.82) is 0 Å². The van der Waals surface area contributed by atoms with Gasteiger partial charge in [0.05, 0.1) is 18.8 Å². The maximum atomic E-state index is 9.30. The molecule has 1 heterocycles. The maximum Gasteiger partial charge on any atom is 0.181 e. The average molecular weight is 189 g/mol. The Bertz CT molecular complexity index is 218. The van der Waals surface area contributed by atoms with Gasteiger partial charge in [-0.25, -0.2) is 0 Å². The number of hydrogen-bond donors (Lipinski definition) is 3. The standard InChI is InChI=1S/C6H11N3O4/c7-9-8-2-5-3(10)1-4(11)6(12)13-5/h3-6,10-12H,1-2H2/t3-,4-,5-,6?/m1/s1. The van der Waals surface area contributed by atoms with Crippen molar-refractivity contribution in [2.45, 2.75) is 31.0 Å². The minimum atomic E-state index is -1.32. The zero-order valence-electron chi connectivity index (χ0n) is 6.82. The highest BCUT2D eigenvalue weighted by atomic mass is 16.6. The Morgan fingerprint density at radius 3 is 2.69 bits per heavy atom. The van der Waals surface area contributed by atoms with Gasteiger partial charge >= 0.3 is 0 Å². The van der Waals surface area contributed by atoms with E-state index in [0.29, 0.717) is 0 Å². The summed E-state index contributed by atoms with van der Waals surface area (Å²) in [6.07, 6.45) is -4.04. The maximum absolute atomic E-state index is 9.30. The minimum absolute atomic E-state index is 0.0206. The molecule has 1 fully saturated rings. The summed E-state index contributed by atoms with van der Waals surface area (Å²) in [6.45, 7) is -0.0541. The first-order valence-corrected chi connectivity index (χ1v) is 3.85. The Balaban J connectivity index is 2.50.